The fourth-order valence-corrected chi connectivity index (χ4v) is 4.39. The number of fused-ring (bicyclic) bond motifs is 2. The predicted octanol–water partition coefficient (Wildman–Crippen LogP) is 4.35. The van der Waals surface area contributed by atoms with Crippen LogP contribution in [0.2, 0.25) is 0 Å². The Balaban J connectivity index is 1.58. The van der Waals surface area contributed by atoms with Gasteiger partial charge in [-0.15, -0.1) is 0 Å². The number of hydrogen-bond acceptors (Lipinski definition) is 3. The first-order chi connectivity index (χ1) is 12.9. The summed E-state index contributed by atoms with van der Waals surface area (Å²) in [7, 11) is 0. The summed E-state index contributed by atoms with van der Waals surface area (Å²) in [4.78, 5) is 7.63. The minimum atomic E-state index is 0.982. The lowest BCUT2D eigenvalue weighted by molar-refractivity contribution is 0.273. The van der Waals surface area contributed by atoms with Gasteiger partial charge in [-0.2, -0.15) is 0 Å². The minimum Gasteiger partial charge on any atom is -0.384 e. The van der Waals surface area contributed by atoms with Gasteiger partial charge in [-0.3, -0.25) is 4.90 Å². The molecule has 1 fully saturated rings. The van der Waals surface area contributed by atoms with Crippen LogP contribution in [-0.2, 0) is 13.0 Å². The molecular formula is C22H26N4. The van der Waals surface area contributed by atoms with E-state index in [1.165, 1.54) is 61.3 Å². The average Bonchev–Trinajstić information content (AvgIpc) is 3.19. The number of anilines is 1. The molecule has 26 heavy (non-hydrogen) atoms. The molecule has 2 aliphatic rings. The molecule has 4 nitrogen and oxygen atoms in total. The van der Waals surface area contributed by atoms with Gasteiger partial charge in [-0.1, -0.05) is 25.0 Å². The molecule has 0 amide bonds. The maximum absolute atomic E-state index is 5.01. The van der Waals surface area contributed by atoms with E-state index in [0.29, 0.717) is 0 Å². The molecule has 0 bridgehead atoms. The van der Waals surface area contributed by atoms with Crippen LogP contribution in [0.4, 0.5) is 5.69 Å². The van der Waals surface area contributed by atoms with Gasteiger partial charge in [-0.25, -0.2) is 4.98 Å². The van der Waals surface area contributed by atoms with Gasteiger partial charge in [0.15, 0.2) is 0 Å². The predicted molar refractivity (Wildman–Crippen MR) is 107 cm³/mol. The van der Waals surface area contributed by atoms with Crippen LogP contribution >= 0.6 is 0 Å². The van der Waals surface area contributed by atoms with E-state index >= 15 is 0 Å². The molecule has 1 saturated heterocycles. The third-order valence-corrected chi connectivity index (χ3v) is 5.79. The zero-order chi connectivity index (χ0) is 17.3. The van der Waals surface area contributed by atoms with Gasteiger partial charge in [0, 0.05) is 30.5 Å². The number of aromatic nitrogens is 2. The second kappa shape index (κ2) is 6.76. The topological polar surface area (TPSA) is 32.6 Å². The van der Waals surface area contributed by atoms with Gasteiger partial charge in [0.1, 0.15) is 5.65 Å². The van der Waals surface area contributed by atoms with E-state index in [1.807, 2.05) is 0 Å². The van der Waals surface area contributed by atoms with Crippen LogP contribution in [0.25, 0.3) is 16.9 Å². The molecule has 4 heterocycles. The molecule has 0 aliphatic carbocycles. The molecule has 4 heteroatoms. The second-order valence-corrected chi connectivity index (χ2v) is 7.58. The van der Waals surface area contributed by atoms with Crippen LogP contribution in [0.3, 0.4) is 0 Å². The standard InChI is InChI=1S/C22H26N4/c1-2-5-13-25(12-4-1)16-20-22(24-21-7-3-6-14-26(20)21)18-8-9-19-17(15-18)10-11-23-19/h3,6-9,14-15,23H,1-2,4-5,10-13,16H2. The van der Waals surface area contributed by atoms with Crippen molar-refractivity contribution >= 4 is 11.3 Å². The SMILES string of the molecule is c1ccn2c(CN3CCCCCC3)c(-c3ccc4c(c3)CCN4)nc2c1. The number of nitrogens with one attached hydrogen (secondary N) is 1. The number of imidazole rings is 1. The molecule has 1 N–H and O–H groups in total. The van der Waals surface area contributed by atoms with Gasteiger partial charge in [-0.05, 0) is 62.2 Å². The Morgan fingerprint density at radius 3 is 2.77 bits per heavy atom. The molecule has 0 spiro atoms. The maximum atomic E-state index is 5.01. The minimum absolute atomic E-state index is 0.982. The summed E-state index contributed by atoms with van der Waals surface area (Å²) in [5.74, 6) is 0. The van der Waals surface area contributed by atoms with Crippen molar-refractivity contribution in [3.8, 4) is 11.3 Å². The zero-order valence-electron chi connectivity index (χ0n) is 15.2. The first-order valence-electron chi connectivity index (χ1n) is 9.94. The number of rotatable bonds is 3. The summed E-state index contributed by atoms with van der Waals surface area (Å²) in [6.07, 6.45) is 8.64. The number of hydrogen-bond donors (Lipinski definition) is 1. The van der Waals surface area contributed by atoms with Gasteiger partial charge >= 0.3 is 0 Å². The molecular weight excluding hydrogens is 320 g/mol. The van der Waals surface area contributed by atoms with Gasteiger partial charge in [0.05, 0.1) is 11.4 Å². The number of likely N-dealkylation sites (tertiary alicyclic amines) is 1. The molecule has 0 radical (unpaired) electrons. The summed E-state index contributed by atoms with van der Waals surface area (Å²) in [5, 5.41) is 3.46. The summed E-state index contributed by atoms with van der Waals surface area (Å²) < 4.78 is 2.28. The molecule has 0 unspecified atom stereocenters. The van der Waals surface area contributed by atoms with E-state index in [-0.39, 0.29) is 0 Å². The lowest BCUT2D eigenvalue weighted by Crippen LogP contribution is -2.25. The van der Waals surface area contributed by atoms with Crippen molar-refractivity contribution in [2.75, 3.05) is 25.0 Å². The highest BCUT2D eigenvalue weighted by Crippen LogP contribution is 2.31. The van der Waals surface area contributed by atoms with Crippen LogP contribution in [-0.4, -0.2) is 33.9 Å². The number of benzene rings is 1. The van der Waals surface area contributed by atoms with Crippen LogP contribution in [0.15, 0.2) is 42.6 Å². The van der Waals surface area contributed by atoms with Crippen LogP contribution < -0.4 is 5.32 Å². The van der Waals surface area contributed by atoms with Crippen molar-refractivity contribution in [3.05, 3.63) is 53.9 Å². The van der Waals surface area contributed by atoms with E-state index in [2.05, 4.69) is 57.2 Å². The van der Waals surface area contributed by atoms with E-state index in [0.717, 1.165) is 30.9 Å². The Labute approximate surface area is 154 Å². The summed E-state index contributed by atoms with van der Waals surface area (Å²) >= 11 is 0. The van der Waals surface area contributed by atoms with E-state index in [4.69, 9.17) is 4.98 Å². The van der Waals surface area contributed by atoms with Crippen LogP contribution in [0.5, 0.6) is 0 Å². The van der Waals surface area contributed by atoms with Gasteiger partial charge < -0.3 is 9.72 Å². The Kier molecular flexibility index (Phi) is 4.13. The second-order valence-electron chi connectivity index (χ2n) is 7.58. The summed E-state index contributed by atoms with van der Waals surface area (Å²) in [6, 6.07) is 13.1. The third kappa shape index (κ3) is 2.88. The molecule has 0 atom stereocenters. The smallest absolute Gasteiger partial charge is 0.137 e. The quantitative estimate of drug-likeness (QED) is 0.765. The molecule has 2 aliphatic heterocycles. The lowest BCUT2D eigenvalue weighted by Gasteiger charge is -2.20. The fraction of sp³-hybridized carbons (Fsp3) is 0.409. The van der Waals surface area contributed by atoms with Crippen molar-refractivity contribution in [1.82, 2.24) is 14.3 Å². The third-order valence-electron chi connectivity index (χ3n) is 5.79. The molecule has 2 aromatic heterocycles. The molecule has 134 valence electrons. The average molecular weight is 346 g/mol. The molecule has 5 rings (SSSR count). The van der Waals surface area contributed by atoms with E-state index in [9.17, 15) is 0 Å². The van der Waals surface area contributed by atoms with E-state index < -0.39 is 0 Å². The highest BCUT2D eigenvalue weighted by molar-refractivity contribution is 5.71. The number of nitrogens with zero attached hydrogens (tertiary/aromatic N) is 3. The first-order valence-corrected chi connectivity index (χ1v) is 9.94. The molecule has 1 aromatic carbocycles. The Morgan fingerprint density at radius 1 is 1.00 bits per heavy atom. The summed E-state index contributed by atoms with van der Waals surface area (Å²) in [5.41, 5.74) is 7.47. The van der Waals surface area contributed by atoms with Gasteiger partial charge in [0.2, 0.25) is 0 Å². The number of pyridine rings is 1. The van der Waals surface area contributed by atoms with Crippen molar-refractivity contribution in [2.24, 2.45) is 0 Å². The zero-order valence-corrected chi connectivity index (χ0v) is 15.2. The summed E-state index contributed by atoms with van der Waals surface area (Å²) in [6.45, 7) is 4.43. The molecule has 0 saturated carbocycles. The van der Waals surface area contributed by atoms with Crippen molar-refractivity contribution in [2.45, 2.75) is 38.6 Å². The van der Waals surface area contributed by atoms with Crippen molar-refractivity contribution in [3.63, 3.8) is 0 Å². The van der Waals surface area contributed by atoms with Gasteiger partial charge in [0.25, 0.3) is 0 Å². The highest BCUT2D eigenvalue weighted by Gasteiger charge is 2.19. The van der Waals surface area contributed by atoms with Crippen LogP contribution in [0.1, 0.15) is 36.9 Å². The maximum Gasteiger partial charge on any atom is 0.137 e. The largest absolute Gasteiger partial charge is 0.384 e. The van der Waals surface area contributed by atoms with Crippen LogP contribution in [0, 0.1) is 0 Å². The molecule has 3 aromatic rings. The fourth-order valence-electron chi connectivity index (χ4n) is 4.39. The van der Waals surface area contributed by atoms with E-state index in [1.54, 1.807) is 0 Å². The van der Waals surface area contributed by atoms with Crippen molar-refractivity contribution in [1.29, 1.82) is 0 Å². The first kappa shape index (κ1) is 15.9. The Bertz CT molecular complexity index is 919. The normalized spacial score (nSPS) is 17.8. The Hall–Kier alpha value is -2.33. The lowest BCUT2D eigenvalue weighted by atomic mass is 10.0. The highest BCUT2D eigenvalue weighted by atomic mass is 15.1. The van der Waals surface area contributed by atoms with Crippen molar-refractivity contribution < 1.29 is 0 Å². The Morgan fingerprint density at radius 2 is 1.88 bits per heavy atom. The monoisotopic (exact) mass is 346 g/mol.